The summed E-state index contributed by atoms with van der Waals surface area (Å²) in [6, 6.07) is 8.51. The number of nitrogen functional groups attached to an aromatic ring is 1. The molecule has 0 fully saturated rings. The third-order valence-electron chi connectivity index (χ3n) is 3.10. The molecule has 96 valence electrons. The summed E-state index contributed by atoms with van der Waals surface area (Å²) < 4.78 is 1.07. The third kappa shape index (κ3) is 2.94. The molecular formula is C14H17BrN2S. The molecule has 2 aromatic rings. The highest BCUT2D eigenvalue weighted by atomic mass is 79.9. The first-order chi connectivity index (χ1) is 8.61. The molecule has 0 unspecified atom stereocenters. The van der Waals surface area contributed by atoms with Gasteiger partial charge >= 0.3 is 0 Å². The lowest BCUT2D eigenvalue weighted by Crippen LogP contribution is -2.19. The van der Waals surface area contributed by atoms with Crippen LogP contribution in [-0.2, 0) is 6.42 Å². The summed E-state index contributed by atoms with van der Waals surface area (Å²) in [5.41, 5.74) is 9.41. The summed E-state index contributed by atoms with van der Waals surface area (Å²) in [6.07, 6.45) is 0.906. The van der Waals surface area contributed by atoms with Gasteiger partial charge in [0.2, 0.25) is 0 Å². The first-order valence-corrected chi connectivity index (χ1v) is 7.54. The van der Waals surface area contributed by atoms with Crippen molar-refractivity contribution in [1.82, 2.24) is 5.32 Å². The minimum absolute atomic E-state index is 0.321. The lowest BCUT2D eigenvalue weighted by molar-refractivity contribution is 0.600. The molecule has 0 aliphatic carbocycles. The standard InChI is InChI=1S/C14H17BrN2S/c1-9-5-6-18-14(9)13(17-2)8-10-7-11(15)3-4-12(10)16/h3-7,13,17H,8,16H2,1-2H3/t13-/m1/s1. The van der Waals surface area contributed by atoms with Crippen molar-refractivity contribution in [2.45, 2.75) is 19.4 Å². The topological polar surface area (TPSA) is 38.0 Å². The summed E-state index contributed by atoms with van der Waals surface area (Å²) in [7, 11) is 2.00. The van der Waals surface area contributed by atoms with Crippen LogP contribution in [0.4, 0.5) is 5.69 Å². The van der Waals surface area contributed by atoms with Crippen LogP contribution in [-0.4, -0.2) is 7.05 Å². The Hall–Kier alpha value is -0.840. The number of hydrogen-bond donors (Lipinski definition) is 2. The average Bonchev–Trinajstić information content (AvgIpc) is 2.77. The molecule has 0 radical (unpaired) electrons. The number of rotatable bonds is 4. The molecule has 0 saturated carbocycles. The summed E-state index contributed by atoms with van der Waals surface area (Å²) in [4.78, 5) is 1.39. The highest BCUT2D eigenvalue weighted by Crippen LogP contribution is 2.29. The second-order valence-corrected chi connectivity index (χ2v) is 6.22. The molecule has 1 aromatic heterocycles. The van der Waals surface area contributed by atoms with E-state index in [-0.39, 0.29) is 0 Å². The lowest BCUT2D eigenvalue weighted by atomic mass is 10.0. The number of halogens is 1. The van der Waals surface area contributed by atoms with Crippen LogP contribution < -0.4 is 11.1 Å². The van der Waals surface area contributed by atoms with Crippen molar-refractivity contribution in [3.8, 4) is 0 Å². The van der Waals surface area contributed by atoms with E-state index in [0.29, 0.717) is 6.04 Å². The van der Waals surface area contributed by atoms with Crippen LogP contribution in [0.25, 0.3) is 0 Å². The molecule has 0 aliphatic heterocycles. The molecule has 1 heterocycles. The summed E-state index contributed by atoms with van der Waals surface area (Å²) in [5, 5.41) is 5.52. The van der Waals surface area contributed by atoms with Crippen LogP contribution in [0.15, 0.2) is 34.1 Å². The Labute approximate surface area is 120 Å². The van der Waals surface area contributed by atoms with Crippen molar-refractivity contribution in [1.29, 1.82) is 0 Å². The molecule has 2 rings (SSSR count). The fraction of sp³-hybridized carbons (Fsp3) is 0.286. The van der Waals surface area contributed by atoms with Gasteiger partial charge in [-0.15, -0.1) is 11.3 Å². The van der Waals surface area contributed by atoms with Crippen molar-refractivity contribution in [2.75, 3.05) is 12.8 Å². The molecule has 3 N–H and O–H groups in total. The largest absolute Gasteiger partial charge is 0.399 e. The number of nitrogens with one attached hydrogen (secondary N) is 1. The monoisotopic (exact) mass is 324 g/mol. The van der Waals surface area contributed by atoms with Gasteiger partial charge in [-0.1, -0.05) is 15.9 Å². The summed E-state index contributed by atoms with van der Waals surface area (Å²) in [6.45, 7) is 2.15. The van der Waals surface area contributed by atoms with E-state index in [1.165, 1.54) is 16.0 Å². The Morgan fingerprint density at radius 1 is 1.39 bits per heavy atom. The van der Waals surface area contributed by atoms with Gasteiger partial charge in [0, 0.05) is 21.1 Å². The predicted octanol–water partition coefficient (Wildman–Crippen LogP) is 3.90. The minimum atomic E-state index is 0.321. The molecule has 0 amide bonds. The molecule has 1 aromatic carbocycles. The van der Waals surface area contributed by atoms with E-state index < -0.39 is 0 Å². The van der Waals surface area contributed by atoms with E-state index in [9.17, 15) is 0 Å². The highest BCUT2D eigenvalue weighted by molar-refractivity contribution is 9.10. The van der Waals surface area contributed by atoms with Gasteiger partial charge < -0.3 is 11.1 Å². The van der Waals surface area contributed by atoms with Gasteiger partial charge in [0.05, 0.1) is 0 Å². The van der Waals surface area contributed by atoms with Crippen LogP contribution >= 0.6 is 27.3 Å². The van der Waals surface area contributed by atoms with Crippen molar-refractivity contribution in [2.24, 2.45) is 0 Å². The van der Waals surface area contributed by atoms with E-state index in [4.69, 9.17) is 5.73 Å². The third-order valence-corrected chi connectivity index (χ3v) is 4.72. The fourth-order valence-electron chi connectivity index (χ4n) is 2.04. The van der Waals surface area contributed by atoms with Crippen LogP contribution in [0, 0.1) is 6.92 Å². The van der Waals surface area contributed by atoms with E-state index in [2.05, 4.69) is 45.7 Å². The van der Waals surface area contributed by atoms with Gasteiger partial charge in [-0.25, -0.2) is 0 Å². The zero-order valence-corrected chi connectivity index (χ0v) is 12.9. The fourth-order valence-corrected chi connectivity index (χ4v) is 3.48. The maximum Gasteiger partial charge on any atom is 0.0456 e. The zero-order chi connectivity index (χ0) is 13.1. The smallest absolute Gasteiger partial charge is 0.0456 e. The van der Waals surface area contributed by atoms with Crippen molar-refractivity contribution in [3.05, 3.63) is 50.1 Å². The first kappa shape index (κ1) is 13.6. The molecule has 2 nitrogen and oxygen atoms in total. The number of thiophene rings is 1. The van der Waals surface area contributed by atoms with Crippen molar-refractivity contribution >= 4 is 33.0 Å². The lowest BCUT2D eigenvalue weighted by Gasteiger charge is -2.17. The number of anilines is 1. The molecule has 0 spiro atoms. The van der Waals surface area contributed by atoms with Crippen LogP contribution in [0.5, 0.6) is 0 Å². The minimum Gasteiger partial charge on any atom is -0.399 e. The van der Waals surface area contributed by atoms with Gasteiger partial charge in [0.15, 0.2) is 0 Å². The Bertz CT molecular complexity index is 536. The maximum absolute atomic E-state index is 6.04. The molecule has 0 bridgehead atoms. The Morgan fingerprint density at radius 3 is 2.78 bits per heavy atom. The normalized spacial score (nSPS) is 12.6. The van der Waals surface area contributed by atoms with Crippen LogP contribution in [0.3, 0.4) is 0 Å². The highest BCUT2D eigenvalue weighted by Gasteiger charge is 2.15. The maximum atomic E-state index is 6.04. The quantitative estimate of drug-likeness (QED) is 0.837. The van der Waals surface area contributed by atoms with Gasteiger partial charge in [-0.2, -0.15) is 0 Å². The van der Waals surface area contributed by atoms with Gasteiger partial charge in [-0.3, -0.25) is 0 Å². The van der Waals surface area contributed by atoms with E-state index in [1.54, 1.807) is 11.3 Å². The molecule has 18 heavy (non-hydrogen) atoms. The number of likely N-dealkylation sites (N-methyl/N-ethyl adjacent to an activating group) is 1. The zero-order valence-electron chi connectivity index (χ0n) is 10.5. The second kappa shape index (κ2) is 5.87. The first-order valence-electron chi connectivity index (χ1n) is 5.87. The molecule has 0 saturated heterocycles. The van der Waals surface area contributed by atoms with E-state index >= 15 is 0 Å². The molecule has 4 heteroatoms. The van der Waals surface area contributed by atoms with Gasteiger partial charge in [-0.05, 0) is 61.2 Å². The number of nitrogens with two attached hydrogens (primary N) is 1. The van der Waals surface area contributed by atoms with E-state index in [0.717, 1.165) is 16.6 Å². The summed E-state index contributed by atoms with van der Waals surface area (Å²) >= 11 is 5.29. The SMILES string of the molecule is CN[C@H](Cc1cc(Br)ccc1N)c1sccc1C. The summed E-state index contributed by atoms with van der Waals surface area (Å²) in [5.74, 6) is 0. The molecule has 1 atom stereocenters. The predicted molar refractivity (Wildman–Crippen MR) is 83.1 cm³/mol. The number of hydrogen-bond acceptors (Lipinski definition) is 3. The van der Waals surface area contributed by atoms with Crippen LogP contribution in [0.2, 0.25) is 0 Å². The van der Waals surface area contributed by atoms with Crippen LogP contribution in [0.1, 0.15) is 22.0 Å². The molecular weight excluding hydrogens is 308 g/mol. The number of benzene rings is 1. The van der Waals surface area contributed by atoms with Crippen molar-refractivity contribution in [3.63, 3.8) is 0 Å². The second-order valence-electron chi connectivity index (χ2n) is 4.36. The number of aryl methyl sites for hydroxylation is 1. The van der Waals surface area contributed by atoms with Gasteiger partial charge in [0.1, 0.15) is 0 Å². The molecule has 0 aliphatic rings. The van der Waals surface area contributed by atoms with E-state index in [1.807, 2.05) is 19.2 Å². The Balaban J connectivity index is 2.26. The average molecular weight is 325 g/mol. The van der Waals surface area contributed by atoms with Gasteiger partial charge in [0.25, 0.3) is 0 Å². The Morgan fingerprint density at radius 2 is 2.17 bits per heavy atom. The Kier molecular flexibility index (Phi) is 4.43. The van der Waals surface area contributed by atoms with Crippen molar-refractivity contribution < 1.29 is 0 Å².